The summed E-state index contributed by atoms with van der Waals surface area (Å²) in [5.74, 6) is -1.39. The van der Waals surface area contributed by atoms with Gasteiger partial charge in [-0.25, -0.2) is 13.6 Å². The average molecular weight is 286 g/mol. The van der Waals surface area contributed by atoms with Crippen molar-refractivity contribution in [2.45, 2.75) is 18.2 Å². The Morgan fingerprint density at radius 2 is 1.94 bits per heavy atom. The lowest BCUT2D eigenvalue weighted by atomic mass is 10.3. The van der Waals surface area contributed by atoms with E-state index >= 15 is 0 Å². The number of rotatable bonds is 3. The quantitative estimate of drug-likeness (QED) is 0.893. The predicted molar refractivity (Wildman–Crippen MR) is 53.6 cm³/mol. The van der Waals surface area contributed by atoms with Gasteiger partial charge >= 0.3 is 6.36 Å². The molecule has 0 unspecified atom stereocenters. The van der Waals surface area contributed by atoms with E-state index in [1.54, 1.807) is 0 Å². The second-order valence-corrected chi connectivity index (χ2v) is 4.71. The number of primary sulfonamides is 1. The molecule has 0 aromatic carbocycles. The van der Waals surface area contributed by atoms with Gasteiger partial charge in [-0.3, -0.25) is 0 Å². The molecule has 0 aliphatic heterocycles. The fraction of sp³-hybridized carbons (Fsp3) is 0.375. The van der Waals surface area contributed by atoms with Crippen LogP contribution in [0.4, 0.5) is 13.2 Å². The SMILES string of the molecule is COc1cc(C)c(S(N)(=O)=O)c(OC(F)(F)F)n1. The van der Waals surface area contributed by atoms with Gasteiger partial charge in [0.2, 0.25) is 21.8 Å². The van der Waals surface area contributed by atoms with Crippen LogP contribution in [-0.4, -0.2) is 26.9 Å². The van der Waals surface area contributed by atoms with Crippen molar-refractivity contribution in [1.29, 1.82) is 0 Å². The fourth-order valence-electron chi connectivity index (χ4n) is 1.23. The number of nitrogens with zero attached hydrogens (tertiary/aromatic N) is 1. The topological polar surface area (TPSA) is 91.5 Å². The van der Waals surface area contributed by atoms with Crippen LogP contribution in [0.1, 0.15) is 5.56 Å². The molecule has 0 fully saturated rings. The van der Waals surface area contributed by atoms with E-state index in [0.717, 1.165) is 13.2 Å². The summed E-state index contributed by atoms with van der Waals surface area (Å²) in [7, 11) is -3.24. The second kappa shape index (κ2) is 4.61. The highest BCUT2D eigenvalue weighted by molar-refractivity contribution is 7.89. The highest BCUT2D eigenvalue weighted by atomic mass is 32.2. The van der Waals surface area contributed by atoms with Crippen molar-refractivity contribution in [2.75, 3.05) is 7.11 Å². The van der Waals surface area contributed by atoms with Crippen LogP contribution in [0.25, 0.3) is 0 Å². The van der Waals surface area contributed by atoms with Gasteiger partial charge in [0.1, 0.15) is 4.90 Å². The molecule has 10 heteroatoms. The van der Waals surface area contributed by atoms with Crippen molar-refractivity contribution in [3.8, 4) is 11.8 Å². The number of aryl methyl sites for hydroxylation is 1. The van der Waals surface area contributed by atoms with Crippen molar-refractivity contribution >= 4 is 10.0 Å². The molecule has 1 heterocycles. The van der Waals surface area contributed by atoms with E-state index in [4.69, 9.17) is 5.14 Å². The molecule has 1 aromatic heterocycles. The van der Waals surface area contributed by atoms with E-state index in [1.165, 1.54) is 6.92 Å². The first-order valence-electron chi connectivity index (χ1n) is 4.39. The molecule has 0 spiro atoms. The van der Waals surface area contributed by atoms with Gasteiger partial charge in [0.15, 0.2) is 0 Å². The Balaban J connectivity index is 3.49. The predicted octanol–water partition coefficient (Wildman–Crippen LogP) is 0.945. The molecular weight excluding hydrogens is 277 g/mol. The zero-order valence-corrected chi connectivity index (χ0v) is 10.1. The lowest BCUT2D eigenvalue weighted by Crippen LogP contribution is -2.22. The fourth-order valence-corrected chi connectivity index (χ4v) is 2.07. The van der Waals surface area contributed by atoms with Crippen LogP contribution in [0.2, 0.25) is 0 Å². The molecule has 1 rings (SSSR count). The van der Waals surface area contributed by atoms with Crippen LogP contribution in [0.3, 0.4) is 0 Å². The number of ether oxygens (including phenoxy) is 2. The van der Waals surface area contributed by atoms with Gasteiger partial charge in [0, 0.05) is 6.07 Å². The first-order valence-corrected chi connectivity index (χ1v) is 5.93. The highest BCUT2D eigenvalue weighted by Crippen LogP contribution is 2.31. The van der Waals surface area contributed by atoms with Gasteiger partial charge in [-0.2, -0.15) is 4.98 Å². The maximum atomic E-state index is 12.1. The van der Waals surface area contributed by atoms with Crippen LogP contribution < -0.4 is 14.6 Å². The van der Waals surface area contributed by atoms with Crippen LogP contribution in [0.15, 0.2) is 11.0 Å². The zero-order valence-electron chi connectivity index (χ0n) is 9.28. The molecule has 0 bridgehead atoms. The molecule has 18 heavy (non-hydrogen) atoms. The molecule has 0 amide bonds. The molecule has 0 aliphatic carbocycles. The van der Waals surface area contributed by atoms with Gasteiger partial charge < -0.3 is 9.47 Å². The smallest absolute Gasteiger partial charge is 0.481 e. The van der Waals surface area contributed by atoms with Crippen molar-refractivity contribution in [3.05, 3.63) is 11.6 Å². The third kappa shape index (κ3) is 3.47. The van der Waals surface area contributed by atoms with Crippen molar-refractivity contribution in [2.24, 2.45) is 5.14 Å². The third-order valence-corrected chi connectivity index (χ3v) is 2.88. The van der Waals surface area contributed by atoms with E-state index < -0.39 is 27.2 Å². The summed E-state index contributed by atoms with van der Waals surface area (Å²) in [6.07, 6.45) is -5.09. The van der Waals surface area contributed by atoms with E-state index in [0.29, 0.717) is 0 Å². The van der Waals surface area contributed by atoms with E-state index in [-0.39, 0.29) is 11.4 Å². The van der Waals surface area contributed by atoms with Crippen LogP contribution in [0.5, 0.6) is 11.8 Å². The summed E-state index contributed by atoms with van der Waals surface area (Å²) in [5.41, 5.74) is -0.0661. The molecule has 0 saturated carbocycles. The number of pyridine rings is 1. The third-order valence-electron chi connectivity index (χ3n) is 1.81. The van der Waals surface area contributed by atoms with Gasteiger partial charge in [-0.1, -0.05) is 0 Å². The lowest BCUT2D eigenvalue weighted by molar-refractivity contribution is -0.277. The summed E-state index contributed by atoms with van der Waals surface area (Å²) in [6, 6.07) is 1.13. The largest absolute Gasteiger partial charge is 0.574 e. The minimum Gasteiger partial charge on any atom is -0.481 e. The molecule has 0 radical (unpaired) electrons. The van der Waals surface area contributed by atoms with Gasteiger partial charge in [-0.15, -0.1) is 13.2 Å². The molecule has 0 aliphatic rings. The summed E-state index contributed by atoms with van der Waals surface area (Å²) >= 11 is 0. The van der Waals surface area contributed by atoms with Crippen molar-refractivity contribution in [1.82, 2.24) is 4.98 Å². The van der Waals surface area contributed by atoms with E-state index in [2.05, 4.69) is 14.5 Å². The Labute approximate surface area is 101 Å². The summed E-state index contributed by atoms with van der Waals surface area (Å²) < 4.78 is 67.0. The maximum Gasteiger partial charge on any atom is 0.574 e. The Morgan fingerprint density at radius 3 is 2.33 bits per heavy atom. The summed E-state index contributed by atoms with van der Waals surface area (Å²) in [4.78, 5) is 2.45. The number of aromatic nitrogens is 1. The minimum absolute atomic E-state index is 0.0661. The number of sulfonamides is 1. The maximum absolute atomic E-state index is 12.1. The Morgan fingerprint density at radius 1 is 1.39 bits per heavy atom. The van der Waals surface area contributed by atoms with Crippen LogP contribution in [-0.2, 0) is 10.0 Å². The Kier molecular flexibility index (Phi) is 3.72. The first-order chi connectivity index (χ1) is 8.04. The molecule has 0 saturated heterocycles. The van der Waals surface area contributed by atoms with Crippen LogP contribution >= 0.6 is 0 Å². The summed E-state index contributed by atoms with van der Waals surface area (Å²) in [6.45, 7) is 1.24. The monoisotopic (exact) mass is 286 g/mol. The number of nitrogens with two attached hydrogens (primary N) is 1. The molecule has 0 atom stereocenters. The van der Waals surface area contributed by atoms with Crippen LogP contribution in [0, 0.1) is 6.92 Å². The lowest BCUT2D eigenvalue weighted by Gasteiger charge is -2.13. The number of hydrogen-bond acceptors (Lipinski definition) is 5. The van der Waals surface area contributed by atoms with Crippen molar-refractivity contribution < 1.29 is 31.1 Å². The molecule has 1 aromatic rings. The number of alkyl halides is 3. The first kappa shape index (κ1) is 14.5. The van der Waals surface area contributed by atoms with E-state index in [9.17, 15) is 21.6 Å². The molecule has 102 valence electrons. The number of hydrogen-bond donors (Lipinski definition) is 1. The molecule has 2 N–H and O–H groups in total. The minimum atomic E-state index is -5.09. The molecular formula is C8H9F3N2O4S. The summed E-state index contributed by atoms with van der Waals surface area (Å²) in [5, 5.41) is 4.81. The van der Waals surface area contributed by atoms with Gasteiger partial charge in [-0.05, 0) is 12.5 Å². The standard InChI is InChI=1S/C8H9F3N2O4S/c1-4-3-5(16-2)13-7(17-8(9,10)11)6(4)18(12,14)15/h3H,1-2H3,(H2,12,14,15). The van der Waals surface area contributed by atoms with E-state index in [1.807, 2.05) is 0 Å². The molecule has 6 nitrogen and oxygen atoms in total. The van der Waals surface area contributed by atoms with Gasteiger partial charge in [0.05, 0.1) is 7.11 Å². The Hall–Kier alpha value is -1.55. The van der Waals surface area contributed by atoms with Crippen molar-refractivity contribution in [3.63, 3.8) is 0 Å². The average Bonchev–Trinajstić information content (AvgIpc) is 2.11. The number of methoxy groups -OCH3 is 1. The Bertz CT molecular complexity index is 556. The number of halogens is 3. The second-order valence-electron chi connectivity index (χ2n) is 3.21. The highest BCUT2D eigenvalue weighted by Gasteiger charge is 2.35. The zero-order chi connectivity index (χ0) is 14.1. The normalized spacial score (nSPS) is 12.3. The van der Waals surface area contributed by atoms with Gasteiger partial charge in [0.25, 0.3) is 0 Å².